The van der Waals surface area contributed by atoms with Crippen molar-refractivity contribution in [3.05, 3.63) is 0 Å². The number of rotatable bonds is 6. The Kier molecular flexibility index (Phi) is 7.15. The summed E-state index contributed by atoms with van der Waals surface area (Å²) >= 11 is 0. The van der Waals surface area contributed by atoms with Gasteiger partial charge in [0.2, 0.25) is 0 Å². The highest BCUT2D eigenvalue weighted by Crippen LogP contribution is 2.68. The number of aliphatic hydroxyl groups is 1. The lowest BCUT2D eigenvalue weighted by Crippen LogP contribution is -2.57. The Balaban J connectivity index is 1.48. The summed E-state index contributed by atoms with van der Waals surface area (Å²) in [5.41, 5.74) is 0.938. The van der Waals surface area contributed by atoms with Crippen LogP contribution in [0.15, 0.2) is 0 Å². The second-order valence-corrected chi connectivity index (χ2v) is 13.7. The van der Waals surface area contributed by atoms with Gasteiger partial charge in [0.05, 0.1) is 6.10 Å². The molecule has 1 nitrogen and oxygen atoms in total. The lowest BCUT2D eigenvalue weighted by molar-refractivity contribution is -0.164. The normalized spacial score (nSPS) is 46.5. The molecule has 0 aliphatic heterocycles. The third kappa shape index (κ3) is 4.00. The smallest absolute Gasteiger partial charge is 0.0577 e. The van der Waals surface area contributed by atoms with Crippen LogP contribution in [0.25, 0.3) is 0 Å². The van der Waals surface area contributed by atoms with E-state index in [9.17, 15) is 5.11 Å². The van der Waals surface area contributed by atoms with Crippen LogP contribution in [0, 0.1) is 76.4 Å². The van der Waals surface area contributed by atoms with Crippen molar-refractivity contribution >= 4 is 0 Å². The zero-order chi connectivity index (χ0) is 23.3. The average molecular weight is 441 g/mol. The van der Waals surface area contributed by atoms with Gasteiger partial charge >= 0.3 is 0 Å². The summed E-state index contributed by atoms with van der Waals surface area (Å²) in [4.78, 5) is 0. The highest BCUT2D eigenvalue weighted by molar-refractivity contribution is 5.11. The first-order valence-corrected chi connectivity index (χ1v) is 14.3. The van der Waals surface area contributed by atoms with Gasteiger partial charge in [-0.3, -0.25) is 0 Å². The first kappa shape index (κ1) is 24.6. The number of hydrogen-bond donors (Lipinski definition) is 1. The van der Waals surface area contributed by atoms with Crippen molar-refractivity contribution in [3.63, 3.8) is 0 Å². The summed E-state index contributed by atoms with van der Waals surface area (Å²) in [6, 6.07) is 0. The molecule has 0 bridgehead atoms. The van der Waals surface area contributed by atoms with Gasteiger partial charge in [0.1, 0.15) is 0 Å². The molecule has 0 aromatic carbocycles. The second kappa shape index (κ2) is 9.29. The van der Waals surface area contributed by atoms with Crippen LogP contribution in [-0.4, -0.2) is 11.2 Å². The SMILES string of the molecule is C#CC(C)C(CCC(C)C1CCC2C3C(CCC12C)C1(C)CCCCC1C[C@H]3O)C(C)C. The molecule has 0 heterocycles. The molecule has 4 aliphatic rings. The minimum Gasteiger partial charge on any atom is -0.393 e. The van der Waals surface area contributed by atoms with E-state index in [1.165, 1.54) is 64.2 Å². The van der Waals surface area contributed by atoms with Gasteiger partial charge in [-0.2, -0.15) is 0 Å². The Bertz CT molecular complexity index is 689. The first-order chi connectivity index (χ1) is 15.1. The van der Waals surface area contributed by atoms with Gasteiger partial charge in [0, 0.05) is 5.92 Å². The minimum absolute atomic E-state index is 0.0448. The van der Waals surface area contributed by atoms with Crippen molar-refractivity contribution in [2.24, 2.45) is 64.1 Å². The fourth-order valence-electron chi connectivity index (χ4n) is 10.2. The van der Waals surface area contributed by atoms with Gasteiger partial charge in [-0.1, -0.05) is 60.8 Å². The predicted molar refractivity (Wildman–Crippen MR) is 136 cm³/mol. The molecule has 1 heteroatoms. The standard InChI is InChI=1S/C31H52O/c1-8-21(4)24(20(2)3)13-12-22(5)25-14-15-26-29-27(16-18-31(25,26)7)30(6)17-10-9-11-23(30)19-28(29)32/h1,20-29,32H,9-19H2,2-7H3/t21?,22?,23?,24?,25?,26?,27?,28-,29?,30?,31?/m1/s1. The minimum atomic E-state index is -0.0448. The van der Waals surface area contributed by atoms with Gasteiger partial charge < -0.3 is 5.11 Å². The molecule has 0 aromatic heterocycles. The molecule has 4 rings (SSSR count). The van der Waals surface area contributed by atoms with Crippen molar-refractivity contribution in [3.8, 4) is 12.3 Å². The fourth-order valence-corrected chi connectivity index (χ4v) is 10.2. The highest BCUT2D eigenvalue weighted by Gasteiger charge is 2.62. The van der Waals surface area contributed by atoms with Crippen LogP contribution >= 0.6 is 0 Å². The van der Waals surface area contributed by atoms with Crippen LogP contribution < -0.4 is 0 Å². The van der Waals surface area contributed by atoms with Crippen LogP contribution in [0.3, 0.4) is 0 Å². The van der Waals surface area contributed by atoms with E-state index in [0.29, 0.717) is 34.5 Å². The lowest BCUT2D eigenvalue weighted by atomic mass is 9.44. The Hall–Kier alpha value is -0.480. The monoisotopic (exact) mass is 440 g/mol. The maximum absolute atomic E-state index is 11.5. The molecule has 10 unspecified atom stereocenters. The molecule has 0 amide bonds. The zero-order valence-corrected chi connectivity index (χ0v) is 22.1. The summed E-state index contributed by atoms with van der Waals surface area (Å²) in [7, 11) is 0. The molecule has 11 atom stereocenters. The van der Waals surface area contributed by atoms with Crippen LogP contribution in [0.1, 0.15) is 112 Å². The van der Waals surface area contributed by atoms with Gasteiger partial charge in [-0.25, -0.2) is 0 Å². The van der Waals surface area contributed by atoms with Gasteiger partial charge in [-0.05, 0) is 110 Å². The van der Waals surface area contributed by atoms with Gasteiger partial charge in [0.25, 0.3) is 0 Å². The van der Waals surface area contributed by atoms with E-state index >= 15 is 0 Å². The quantitative estimate of drug-likeness (QED) is 0.415. The predicted octanol–water partition coefficient (Wildman–Crippen LogP) is 7.96. The third-order valence-corrected chi connectivity index (χ3v) is 12.1. The Morgan fingerprint density at radius 2 is 1.62 bits per heavy atom. The molecule has 0 aromatic rings. The summed E-state index contributed by atoms with van der Waals surface area (Å²) in [6.45, 7) is 14.7. The van der Waals surface area contributed by atoms with E-state index in [0.717, 1.165) is 36.0 Å². The molecule has 32 heavy (non-hydrogen) atoms. The van der Waals surface area contributed by atoms with E-state index in [-0.39, 0.29) is 6.10 Å². The van der Waals surface area contributed by atoms with Crippen LogP contribution in [0.4, 0.5) is 0 Å². The van der Waals surface area contributed by atoms with Gasteiger partial charge in [0.15, 0.2) is 0 Å². The molecule has 4 saturated carbocycles. The van der Waals surface area contributed by atoms with Crippen molar-refractivity contribution in [2.45, 2.75) is 118 Å². The van der Waals surface area contributed by atoms with Gasteiger partial charge in [-0.15, -0.1) is 12.3 Å². The Labute approximate surface area is 199 Å². The average Bonchev–Trinajstić information content (AvgIpc) is 3.10. The molecule has 4 aliphatic carbocycles. The van der Waals surface area contributed by atoms with Crippen LogP contribution in [0.2, 0.25) is 0 Å². The van der Waals surface area contributed by atoms with Crippen molar-refractivity contribution in [1.29, 1.82) is 0 Å². The highest BCUT2D eigenvalue weighted by atomic mass is 16.3. The Morgan fingerprint density at radius 1 is 0.906 bits per heavy atom. The zero-order valence-electron chi connectivity index (χ0n) is 22.1. The number of fused-ring (bicyclic) bond motifs is 5. The number of aliphatic hydroxyl groups excluding tert-OH is 1. The molecule has 0 radical (unpaired) electrons. The molecule has 0 spiro atoms. The molecular weight excluding hydrogens is 388 g/mol. The van der Waals surface area contributed by atoms with Crippen molar-refractivity contribution < 1.29 is 5.11 Å². The first-order valence-electron chi connectivity index (χ1n) is 14.3. The third-order valence-electron chi connectivity index (χ3n) is 12.1. The number of hydrogen-bond acceptors (Lipinski definition) is 1. The summed E-state index contributed by atoms with van der Waals surface area (Å²) < 4.78 is 0. The maximum Gasteiger partial charge on any atom is 0.0577 e. The maximum atomic E-state index is 11.5. The van der Waals surface area contributed by atoms with E-state index < -0.39 is 0 Å². The summed E-state index contributed by atoms with van der Waals surface area (Å²) in [5.74, 6) is 9.17. The molecule has 182 valence electrons. The van der Waals surface area contributed by atoms with Crippen LogP contribution in [-0.2, 0) is 0 Å². The summed E-state index contributed by atoms with van der Waals surface area (Å²) in [5, 5.41) is 11.5. The summed E-state index contributed by atoms with van der Waals surface area (Å²) in [6.07, 6.45) is 20.5. The van der Waals surface area contributed by atoms with Crippen molar-refractivity contribution in [2.75, 3.05) is 0 Å². The molecule has 0 saturated heterocycles. The topological polar surface area (TPSA) is 20.2 Å². The van der Waals surface area contributed by atoms with E-state index in [1.54, 1.807) is 0 Å². The van der Waals surface area contributed by atoms with E-state index in [2.05, 4.69) is 47.5 Å². The largest absolute Gasteiger partial charge is 0.393 e. The lowest BCUT2D eigenvalue weighted by Gasteiger charge is -2.62. The van der Waals surface area contributed by atoms with Crippen molar-refractivity contribution in [1.82, 2.24) is 0 Å². The van der Waals surface area contributed by atoms with Crippen LogP contribution in [0.5, 0.6) is 0 Å². The van der Waals surface area contributed by atoms with E-state index in [1.807, 2.05) is 0 Å². The second-order valence-electron chi connectivity index (χ2n) is 13.7. The van der Waals surface area contributed by atoms with E-state index in [4.69, 9.17) is 6.42 Å². The number of terminal acetylenes is 1. The molecule has 4 fully saturated rings. The molecular formula is C31H52O. The molecule has 1 N–H and O–H groups in total. The fraction of sp³-hybridized carbons (Fsp3) is 0.935. The Morgan fingerprint density at radius 3 is 2.31 bits per heavy atom.